The first-order valence-corrected chi connectivity index (χ1v) is 6.63. The van der Waals surface area contributed by atoms with Crippen LogP contribution in [0.1, 0.15) is 51.4 Å². The van der Waals surface area contributed by atoms with Crippen LogP contribution in [-0.4, -0.2) is 23.4 Å². The second kappa shape index (κ2) is 7.43. The highest BCUT2D eigenvalue weighted by Crippen LogP contribution is 2.28. The molecule has 0 aromatic carbocycles. The van der Waals surface area contributed by atoms with Crippen molar-refractivity contribution in [3.8, 4) is 0 Å². The van der Waals surface area contributed by atoms with E-state index in [4.69, 9.17) is 10.8 Å². The maximum absolute atomic E-state index is 12.1. The summed E-state index contributed by atoms with van der Waals surface area (Å²) in [4.78, 5) is 23.2. The Labute approximate surface area is 103 Å². The average molecular weight is 241 g/mol. The molecule has 1 atom stereocenters. The number of carboxylic acid groups (broad SMARTS) is 1. The van der Waals surface area contributed by atoms with Crippen molar-refractivity contribution in [2.24, 2.45) is 17.6 Å². The second-order valence-corrected chi connectivity index (χ2v) is 4.91. The molecule has 1 unspecified atom stereocenters. The fraction of sp³-hybridized carbons (Fsp3) is 0.846. The zero-order valence-corrected chi connectivity index (χ0v) is 10.4. The topological polar surface area (TPSA) is 80.4 Å². The maximum atomic E-state index is 12.1. The largest absolute Gasteiger partial charge is 0.481 e. The first kappa shape index (κ1) is 14.2. The minimum atomic E-state index is -0.961. The molecule has 0 aromatic heterocycles. The summed E-state index contributed by atoms with van der Waals surface area (Å²) in [5.41, 5.74) is 5.38. The van der Waals surface area contributed by atoms with Gasteiger partial charge in [0.15, 0.2) is 0 Å². The summed E-state index contributed by atoms with van der Waals surface area (Å²) in [5.74, 6) is -1.82. The van der Waals surface area contributed by atoms with E-state index >= 15 is 0 Å². The number of carbonyl (C=O) groups is 2. The lowest BCUT2D eigenvalue weighted by Gasteiger charge is -2.23. The third kappa shape index (κ3) is 4.46. The Bertz CT molecular complexity index is 259. The van der Waals surface area contributed by atoms with E-state index in [1.165, 1.54) is 6.42 Å². The molecule has 1 aliphatic carbocycles. The molecule has 17 heavy (non-hydrogen) atoms. The highest BCUT2D eigenvalue weighted by molar-refractivity contribution is 5.99. The highest BCUT2D eigenvalue weighted by Gasteiger charge is 2.32. The number of hydrogen-bond donors (Lipinski definition) is 2. The Morgan fingerprint density at radius 3 is 2.35 bits per heavy atom. The van der Waals surface area contributed by atoms with Crippen LogP contribution < -0.4 is 5.73 Å². The number of rotatable bonds is 7. The molecule has 0 radical (unpaired) electrons. The third-order valence-corrected chi connectivity index (χ3v) is 3.60. The van der Waals surface area contributed by atoms with Gasteiger partial charge in [0.2, 0.25) is 0 Å². The molecule has 98 valence electrons. The molecule has 0 spiro atoms. The molecule has 1 fully saturated rings. The average Bonchev–Trinajstić information content (AvgIpc) is 2.34. The van der Waals surface area contributed by atoms with Gasteiger partial charge in [-0.3, -0.25) is 9.59 Å². The normalized spacial score (nSPS) is 18.9. The Hall–Kier alpha value is -0.900. The van der Waals surface area contributed by atoms with Gasteiger partial charge >= 0.3 is 5.97 Å². The summed E-state index contributed by atoms with van der Waals surface area (Å²) in [5, 5.41) is 9.12. The third-order valence-electron chi connectivity index (χ3n) is 3.60. The number of carbonyl (C=O) groups excluding carboxylic acids is 1. The Balaban J connectivity index is 2.49. The summed E-state index contributed by atoms with van der Waals surface area (Å²) in [6.07, 6.45) is 7.01. The Morgan fingerprint density at radius 1 is 1.18 bits per heavy atom. The quantitative estimate of drug-likeness (QED) is 0.527. The standard InChI is InChI=1S/C13H23NO3/c14-9-5-4-8-11(13(16)17)12(15)10-6-2-1-3-7-10/h10-11H,1-9,14H2,(H,16,17). The van der Waals surface area contributed by atoms with Gasteiger partial charge < -0.3 is 10.8 Å². The molecular weight excluding hydrogens is 218 g/mol. The van der Waals surface area contributed by atoms with Gasteiger partial charge in [0.25, 0.3) is 0 Å². The van der Waals surface area contributed by atoms with E-state index in [-0.39, 0.29) is 11.7 Å². The van der Waals surface area contributed by atoms with Crippen LogP contribution in [0.15, 0.2) is 0 Å². The van der Waals surface area contributed by atoms with Crippen LogP contribution in [0, 0.1) is 11.8 Å². The van der Waals surface area contributed by atoms with Crippen molar-refractivity contribution in [1.82, 2.24) is 0 Å². The lowest BCUT2D eigenvalue weighted by Crippen LogP contribution is -2.31. The van der Waals surface area contributed by atoms with E-state index in [2.05, 4.69) is 0 Å². The van der Waals surface area contributed by atoms with Gasteiger partial charge in [0.05, 0.1) is 0 Å². The SMILES string of the molecule is NCCCCC(C(=O)O)C(=O)C1CCCCC1. The molecule has 0 heterocycles. The van der Waals surface area contributed by atoms with Crippen molar-refractivity contribution < 1.29 is 14.7 Å². The zero-order chi connectivity index (χ0) is 12.7. The van der Waals surface area contributed by atoms with E-state index in [0.29, 0.717) is 13.0 Å². The molecule has 4 heteroatoms. The van der Waals surface area contributed by atoms with Gasteiger partial charge in [-0.15, -0.1) is 0 Å². The summed E-state index contributed by atoms with van der Waals surface area (Å²) >= 11 is 0. The molecule has 1 saturated carbocycles. The smallest absolute Gasteiger partial charge is 0.314 e. The summed E-state index contributed by atoms with van der Waals surface area (Å²) in [6.45, 7) is 0.559. The summed E-state index contributed by atoms with van der Waals surface area (Å²) in [7, 11) is 0. The number of unbranched alkanes of at least 4 members (excludes halogenated alkanes) is 1. The molecule has 0 saturated heterocycles. The van der Waals surface area contributed by atoms with Crippen molar-refractivity contribution in [3.63, 3.8) is 0 Å². The van der Waals surface area contributed by atoms with Crippen molar-refractivity contribution in [3.05, 3.63) is 0 Å². The Kier molecular flexibility index (Phi) is 6.19. The summed E-state index contributed by atoms with van der Waals surface area (Å²) < 4.78 is 0. The van der Waals surface area contributed by atoms with Gasteiger partial charge in [-0.2, -0.15) is 0 Å². The van der Waals surface area contributed by atoms with Crippen LogP contribution in [0.4, 0.5) is 0 Å². The fourth-order valence-electron chi connectivity index (χ4n) is 2.55. The van der Waals surface area contributed by atoms with E-state index in [0.717, 1.165) is 38.5 Å². The number of hydrogen-bond acceptors (Lipinski definition) is 3. The molecule has 4 nitrogen and oxygen atoms in total. The number of carboxylic acids is 1. The lowest BCUT2D eigenvalue weighted by atomic mass is 9.80. The molecule has 0 bridgehead atoms. The van der Waals surface area contributed by atoms with Crippen LogP contribution in [0.25, 0.3) is 0 Å². The van der Waals surface area contributed by atoms with Gasteiger partial charge in [-0.25, -0.2) is 0 Å². The van der Waals surface area contributed by atoms with Crippen LogP contribution in [0.5, 0.6) is 0 Å². The molecular formula is C13H23NO3. The summed E-state index contributed by atoms with van der Waals surface area (Å²) in [6, 6.07) is 0. The minimum absolute atomic E-state index is 0.0114. The van der Waals surface area contributed by atoms with Crippen molar-refractivity contribution in [2.45, 2.75) is 51.4 Å². The monoisotopic (exact) mass is 241 g/mol. The Morgan fingerprint density at radius 2 is 1.82 bits per heavy atom. The maximum Gasteiger partial charge on any atom is 0.314 e. The minimum Gasteiger partial charge on any atom is -0.481 e. The predicted molar refractivity (Wildman–Crippen MR) is 65.6 cm³/mol. The molecule has 1 rings (SSSR count). The van der Waals surface area contributed by atoms with E-state index in [1.807, 2.05) is 0 Å². The first-order valence-electron chi connectivity index (χ1n) is 6.63. The van der Waals surface area contributed by atoms with Crippen LogP contribution in [0.3, 0.4) is 0 Å². The number of nitrogens with two attached hydrogens (primary N) is 1. The number of Topliss-reactive ketones (excluding diaryl/α,β-unsaturated/α-hetero) is 1. The van der Waals surface area contributed by atoms with E-state index in [1.54, 1.807) is 0 Å². The highest BCUT2D eigenvalue weighted by atomic mass is 16.4. The van der Waals surface area contributed by atoms with Crippen molar-refractivity contribution >= 4 is 11.8 Å². The van der Waals surface area contributed by atoms with Crippen LogP contribution >= 0.6 is 0 Å². The van der Waals surface area contributed by atoms with Crippen LogP contribution in [0.2, 0.25) is 0 Å². The lowest BCUT2D eigenvalue weighted by molar-refractivity contribution is -0.148. The molecule has 0 aliphatic heterocycles. The van der Waals surface area contributed by atoms with Crippen molar-refractivity contribution in [2.75, 3.05) is 6.54 Å². The fourth-order valence-corrected chi connectivity index (χ4v) is 2.55. The molecule has 0 aromatic rings. The van der Waals surface area contributed by atoms with Gasteiger partial charge in [0.1, 0.15) is 11.7 Å². The van der Waals surface area contributed by atoms with Gasteiger partial charge in [-0.1, -0.05) is 25.7 Å². The second-order valence-electron chi connectivity index (χ2n) is 4.91. The molecule has 3 N–H and O–H groups in total. The first-order chi connectivity index (χ1) is 8.16. The zero-order valence-electron chi connectivity index (χ0n) is 10.4. The van der Waals surface area contributed by atoms with Gasteiger partial charge in [0, 0.05) is 5.92 Å². The van der Waals surface area contributed by atoms with E-state index < -0.39 is 11.9 Å². The van der Waals surface area contributed by atoms with Crippen molar-refractivity contribution in [1.29, 1.82) is 0 Å². The van der Waals surface area contributed by atoms with Gasteiger partial charge in [-0.05, 0) is 32.2 Å². The van der Waals surface area contributed by atoms with E-state index in [9.17, 15) is 9.59 Å². The molecule has 0 amide bonds. The number of aliphatic carboxylic acids is 1. The molecule has 1 aliphatic rings. The predicted octanol–water partition coefficient (Wildman–Crippen LogP) is 1.97. The number of ketones is 1. The van der Waals surface area contributed by atoms with Crippen LogP contribution in [-0.2, 0) is 9.59 Å².